The third kappa shape index (κ3) is 4.64. The zero-order valence-electron chi connectivity index (χ0n) is 19.3. The van der Waals surface area contributed by atoms with Gasteiger partial charge in [-0.1, -0.05) is 6.07 Å². The van der Waals surface area contributed by atoms with Gasteiger partial charge in [-0.05, 0) is 24.3 Å². The van der Waals surface area contributed by atoms with Gasteiger partial charge in [0.2, 0.25) is 0 Å². The molecule has 36 heavy (non-hydrogen) atoms. The van der Waals surface area contributed by atoms with Crippen molar-refractivity contribution in [3.8, 4) is 11.5 Å². The van der Waals surface area contributed by atoms with Crippen molar-refractivity contribution in [3.63, 3.8) is 0 Å². The number of anilines is 1. The number of nitrogens with zero attached hydrogens (tertiary/aromatic N) is 4. The summed E-state index contributed by atoms with van der Waals surface area (Å²) >= 11 is 1.37. The van der Waals surface area contributed by atoms with Gasteiger partial charge in [-0.3, -0.25) is 19.2 Å². The first-order valence-electron chi connectivity index (χ1n) is 10.9. The lowest BCUT2D eigenvalue weighted by atomic mass is 10.1. The molecule has 1 N–H and O–H groups in total. The molecule has 0 radical (unpaired) electrons. The zero-order chi connectivity index (χ0) is 22.5. The fourth-order valence-corrected chi connectivity index (χ4v) is 5.91. The van der Waals surface area contributed by atoms with Gasteiger partial charge >= 0.3 is 5.69 Å². The number of ether oxygens (including phenoxy) is 2. The molecule has 2 aliphatic rings. The van der Waals surface area contributed by atoms with E-state index >= 15 is 0 Å². The summed E-state index contributed by atoms with van der Waals surface area (Å²) in [5.74, 6) is 1.66. The molecule has 3 aromatic heterocycles. The number of hydrogen-bond acceptors (Lipinski definition) is 8. The summed E-state index contributed by atoms with van der Waals surface area (Å²) in [5.41, 5.74) is 1.56. The highest BCUT2D eigenvalue weighted by molar-refractivity contribution is 7.25. The van der Waals surface area contributed by atoms with E-state index in [1.54, 1.807) is 13.3 Å². The highest BCUT2D eigenvalue weighted by atomic mass is 35.5. The molecular formula is C23H26Cl3N5O4S. The minimum absolute atomic E-state index is 0. The Balaban J connectivity index is 0.00000120. The Labute approximate surface area is 229 Å². The lowest BCUT2D eigenvalue weighted by Gasteiger charge is -2.45. The first kappa shape index (κ1) is 28.1. The number of benzene rings is 1. The number of H-pyrrole nitrogens is 1. The second-order valence-electron chi connectivity index (χ2n) is 8.31. The average Bonchev–Trinajstić information content (AvgIpc) is 3.22. The molecule has 1 aromatic carbocycles. The van der Waals surface area contributed by atoms with Crippen molar-refractivity contribution in [1.82, 2.24) is 19.4 Å². The van der Waals surface area contributed by atoms with Gasteiger partial charge in [0.05, 0.1) is 23.4 Å². The summed E-state index contributed by atoms with van der Waals surface area (Å²) < 4.78 is 14.3. The number of thiophene rings is 1. The van der Waals surface area contributed by atoms with Crippen LogP contribution in [0, 0.1) is 0 Å². The van der Waals surface area contributed by atoms with Crippen molar-refractivity contribution in [2.24, 2.45) is 0 Å². The van der Waals surface area contributed by atoms with Crippen LogP contribution in [-0.4, -0.2) is 65.4 Å². The summed E-state index contributed by atoms with van der Waals surface area (Å²) in [6.45, 7) is 3.99. The lowest BCUT2D eigenvalue weighted by molar-refractivity contribution is 0.161. The molecule has 1 fully saturated rings. The van der Waals surface area contributed by atoms with Crippen LogP contribution < -0.4 is 25.6 Å². The molecule has 13 heteroatoms. The van der Waals surface area contributed by atoms with Crippen LogP contribution >= 0.6 is 48.6 Å². The molecule has 0 spiro atoms. The maximum atomic E-state index is 13.1. The monoisotopic (exact) mass is 573 g/mol. The number of pyridine rings is 1. The van der Waals surface area contributed by atoms with Crippen LogP contribution in [0.5, 0.6) is 11.5 Å². The van der Waals surface area contributed by atoms with Crippen LogP contribution in [0.3, 0.4) is 0 Å². The van der Waals surface area contributed by atoms with Crippen molar-refractivity contribution < 1.29 is 9.47 Å². The number of fused-ring (bicyclic) bond motifs is 6. The number of piperazine rings is 1. The number of para-hydroxylation sites is 1. The van der Waals surface area contributed by atoms with E-state index in [0.29, 0.717) is 35.4 Å². The van der Waals surface area contributed by atoms with E-state index in [4.69, 9.17) is 9.47 Å². The predicted molar refractivity (Wildman–Crippen MR) is 150 cm³/mol. The minimum atomic E-state index is -0.392. The Morgan fingerprint density at radius 3 is 2.78 bits per heavy atom. The fraction of sp³-hybridized carbons (Fsp3) is 0.348. The second-order valence-corrected chi connectivity index (χ2v) is 9.36. The standard InChI is InChI=1S/C23H23N5O4S.3ClH/c1-31-15-4-2-5-16-20(15)27-10-8-26(12-14(27)13-32-16)9-11-28-22(29)21-19(25-23(28)30)18-17(33-21)6-3-7-24-18;;;/h2-7,14H,8-13H2,1H3,(H,25,30);3*1H. The van der Waals surface area contributed by atoms with Gasteiger partial charge in [0.15, 0.2) is 0 Å². The molecule has 0 saturated carbocycles. The van der Waals surface area contributed by atoms with Crippen molar-refractivity contribution in [3.05, 3.63) is 57.4 Å². The van der Waals surface area contributed by atoms with Gasteiger partial charge < -0.3 is 19.4 Å². The van der Waals surface area contributed by atoms with E-state index in [-0.39, 0.29) is 48.8 Å². The van der Waals surface area contributed by atoms with Crippen LogP contribution in [0.25, 0.3) is 20.4 Å². The second kappa shape index (κ2) is 11.3. The van der Waals surface area contributed by atoms with E-state index in [0.717, 1.165) is 41.5 Å². The Kier molecular flexibility index (Phi) is 8.79. The molecule has 1 saturated heterocycles. The number of methoxy groups -OCH3 is 1. The lowest BCUT2D eigenvalue weighted by Crippen LogP contribution is -2.58. The number of aromatic nitrogens is 3. The van der Waals surface area contributed by atoms with Crippen LogP contribution in [0.4, 0.5) is 5.69 Å². The summed E-state index contributed by atoms with van der Waals surface area (Å²) in [7, 11) is 1.67. The Morgan fingerprint density at radius 1 is 1.14 bits per heavy atom. The smallest absolute Gasteiger partial charge is 0.328 e. The molecule has 2 aliphatic heterocycles. The number of aromatic amines is 1. The zero-order valence-corrected chi connectivity index (χ0v) is 22.6. The van der Waals surface area contributed by atoms with E-state index in [1.807, 2.05) is 30.3 Å². The van der Waals surface area contributed by atoms with Gasteiger partial charge in [-0.15, -0.1) is 48.6 Å². The van der Waals surface area contributed by atoms with Gasteiger partial charge in [-0.25, -0.2) is 4.79 Å². The molecule has 1 atom stereocenters. The molecule has 0 bridgehead atoms. The molecule has 6 rings (SSSR count). The fourth-order valence-electron chi connectivity index (χ4n) is 4.84. The SMILES string of the molecule is COc1cccc2c1N1CCN(CCn3c(=O)[nH]c4c(sc5cccnc54)c3=O)CC1CO2.Cl.Cl.Cl. The van der Waals surface area contributed by atoms with Gasteiger partial charge in [0, 0.05) is 38.9 Å². The van der Waals surface area contributed by atoms with Gasteiger partial charge in [-0.2, -0.15) is 0 Å². The average molecular weight is 575 g/mol. The number of hydrogen-bond donors (Lipinski definition) is 1. The molecule has 0 amide bonds. The molecule has 4 aromatic rings. The largest absolute Gasteiger partial charge is 0.494 e. The first-order chi connectivity index (χ1) is 16.1. The summed E-state index contributed by atoms with van der Waals surface area (Å²) in [4.78, 5) is 37.7. The Morgan fingerprint density at radius 2 is 1.97 bits per heavy atom. The predicted octanol–water partition coefficient (Wildman–Crippen LogP) is 3.16. The summed E-state index contributed by atoms with van der Waals surface area (Å²) in [6, 6.07) is 9.79. The highest BCUT2D eigenvalue weighted by Gasteiger charge is 2.34. The maximum absolute atomic E-state index is 13.1. The van der Waals surface area contributed by atoms with Crippen molar-refractivity contribution >= 4 is 74.7 Å². The third-order valence-electron chi connectivity index (χ3n) is 6.47. The Hall–Kier alpha value is -2.50. The van der Waals surface area contributed by atoms with E-state index in [9.17, 15) is 9.59 Å². The Bertz CT molecular complexity index is 1480. The van der Waals surface area contributed by atoms with E-state index in [1.165, 1.54) is 15.9 Å². The number of rotatable bonds is 4. The number of nitrogens with one attached hydrogen (secondary N) is 1. The van der Waals surface area contributed by atoms with E-state index in [2.05, 4.69) is 19.8 Å². The summed E-state index contributed by atoms with van der Waals surface area (Å²) in [6.07, 6.45) is 1.67. The molecule has 5 heterocycles. The topological polar surface area (TPSA) is 92.7 Å². The minimum Gasteiger partial charge on any atom is -0.494 e. The molecule has 1 unspecified atom stereocenters. The molecule has 0 aliphatic carbocycles. The molecular weight excluding hydrogens is 549 g/mol. The molecule has 9 nitrogen and oxygen atoms in total. The van der Waals surface area contributed by atoms with Crippen molar-refractivity contribution in [2.45, 2.75) is 12.6 Å². The normalized spacial score (nSPS) is 16.7. The van der Waals surface area contributed by atoms with Crippen molar-refractivity contribution in [2.75, 3.05) is 44.8 Å². The molecule has 194 valence electrons. The van der Waals surface area contributed by atoms with Gasteiger partial charge in [0.1, 0.15) is 34.0 Å². The highest BCUT2D eigenvalue weighted by Crippen LogP contribution is 2.42. The van der Waals surface area contributed by atoms with Crippen LogP contribution in [0.1, 0.15) is 0 Å². The third-order valence-corrected chi connectivity index (χ3v) is 7.60. The van der Waals surface area contributed by atoms with Gasteiger partial charge in [0.25, 0.3) is 5.56 Å². The maximum Gasteiger partial charge on any atom is 0.328 e. The first-order valence-corrected chi connectivity index (χ1v) is 11.7. The summed E-state index contributed by atoms with van der Waals surface area (Å²) in [5, 5.41) is 0. The van der Waals surface area contributed by atoms with Crippen LogP contribution in [0.2, 0.25) is 0 Å². The van der Waals surface area contributed by atoms with Crippen LogP contribution in [-0.2, 0) is 6.54 Å². The quantitative estimate of drug-likeness (QED) is 0.400. The van der Waals surface area contributed by atoms with E-state index < -0.39 is 5.69 Å². The van der Waals surface area contributed by atoms with Crippen molar-refractivity contribution in [1.29, 1.82) is 0 Å². The number of halogens is 3. The van der Waals surface area contributed by atoms with Crippen LogP contribution in [0.15, 0.2) is 46.1 Å².